The number of carbonyl (C=O) groups excluding carboxylic acids is 1. The summed E-state index contributed by atoms with van der Waals surface area (Å²) in [5, 5.41) is 12.8. The molecule has 2 aromatic heterocycles. The van der Waals surface area contributed by atoms with Crippen LogP contribution in [0, 0.1) is 0 Å². The molecule has 3 heterocycles. The maximum Gasteiger partial charge on any atom is 0.257 e. The zero-order chi connectivity index (χ0) is 17.7. The predicted molar refractivity (Wildman–Crippen MR) is 95.6 cm³/mol. The number of amides is 1. The molecule has 0 bridgehead atoms. The Bertz CT molecular complexity index is 950. The van der Waals surface area contributed by atoms with Crippen LogP contribution in [0.25, 0.3) is 11.3 Å². The van der Waals surface area contributed by atoms with E-state index in [-0.39, 0.29) is 11.9 Å². The highest BCUT2D eigenvalue weighted by Gasteiger charge is 2.37. The van der Waals surface area contributed by atoms with Crippen molar-refractivity contribution in [1.82, 2.24) is 29.7 Å². The molecule has 1 saturated heterocycles. The second-order valence-corrected chi connectivity index (χ2v) is 7.16. The molecule has 2 fully saturated rings. The highest BCUT2D eigenvalue weighted by atomic mass is 16.2. The van der Waals surface area contributed by atoms with Crippen molar-refractivity contribution in [3.8, 4) is 11.3 Å². The molecule has 1 saturated carbocycles. The summed E-state index contributed by atoms with van der Waals surface area (Å²) in [7, 11) is 1.92. The molecular weight excluding hydrogens is 328 g/mol. The summed E-state index contributed by atoms with van der Waals surface area (Å²) in [5.41, 5.74) is 3.76. The van der Waals surface area contributed by atoms with Gasteiger partial charge in [-0.1, -0.05) is 35.5 Å². The van der Waals surface area contributed by atoms with Gasteiger partial charge in [0, 0.05) is 31.6 Å². The van der Waals surface area contributed by atoms with E-state index in [1.165, 1.54) is 0 Å². The first kappa shape index (κ1) is 15.3. The highest BCUT2D eigenvalue weighted by Crippen LogP contribution is 2.42. The van der Waals surface area contributed by atoms with Crippen LogP contribution < -0.4 is 0 Å². The normalized spacial score (nSPS) is 17.3. The van der Waals surface area contributed by atoms with Crippen LogP contribution in [-0.2, 0) is 7.05 Å². The Kier molecular flexibility index (Phi) is 3.41. The maximum atomic E-state index is 12.8. The minimum atomic E-state index is 0.0830. The molecule has 0 unspecified atom stereocenters. The lowest BCUT2D eigenvalue weighted by molar-refractivity contribution is 0.0497. The molecule has 132 valence electrons. The van der Waals surface area contributed by atoms with Crippen LogP contribution in [0.2, 0.25) is 0 Å². The number of aryl methyl sites for hydroxylation is 1. The second kappa shape index (κ2) is 5.79. The van der Waals surface area contributed by atoms with Crippen LogP contribution in [0.1, 0.15) is 40.9 Å². The number of nitrogens with zero attached hydrogens (tertiary/aromatic N) is 6. The minimum Gasteiger partial charge on any atom is -0.334 e. The Labute approximate surface area is 151 Å². The van der Waals surface area contributed by atoms with Crippen LogP contribution in [0.3, 0.4) is 0 Å². The number of hydrogen-bond donors (Lipinski definition) is 0. The molecule has 3 aromatic rings. The van der Waals surface area contributed by atoms with E-state index >= 15 is 0 Å². The SMILES string of the molecule is Cn1ncc(C(=O)N2CC(n3cc(-c4ccccc4)nn3)C2)c1C1CC1. The topological polar surface area (TPSA) is 68.8 Å². The maximum absolute atomic E-state index is 12.8. The Hall–Kier alpha value is -2.96. The van der Waals surface area contributed by atoms with Crippen molar-refractivity contribution in [1.29, 1.82) is 0 Å². The highest BCUT2D eigenvalue weighted by molar-refractivity contribution is 5.96. The first-order chi connectivity index (χ1) is 12.7. The quantitative estimate of drug-likeness (QED) is 0.725. The van der Waals surface area contributed by atoms with E-state index in [4.69, 9.17) is 0 Å². The van der Waals surface area contributed by atoms with Crippen LogP contribution in [-0.4, -0.2) is 48.7 Å². The van der Waals surface area contributed by atoms with Crippen molar-refractivity contribution < 1.29 is 4.79 Å². The lowest BCUT2D eigenvalue weighted by Gasteiger charge is -2.38. The van der Waals surface area contributed by atoms with Gasteiger partial charge in [-0.3, -0.25) is 9.48 Å². The number of carbonyl (C=O) groups is 1. The van der Waals surface area contributed by atoms with Crippen molar-refractivity contribution in [2.45, 2.75) is 24.8 Å². The second-order valence-electron chi connectivity index (χ2n) is 7.16. The van der Waals surface area contributed by atoms with Gasteiger partial charge in [0.05, 0.1) is 29.7 Å². The smallest absolute Gasteiger partial charge is 0.257 e. The molecule has 1 aliphatic carbocycles. The fourth-order valence-corrected chi connectivity index (χ4v) is 3.61. The summed E-state index contributed by atoms with van der Waals surface area (Å²) >= 11 is 0. The number of aromatic nitrogens is 5. The fourth-order valence-electron chi connectivity index (χ4n) is 3.61. The summed E-state index contributed by atoms with van der Waals surface area (Å²) in [6.07, 6.45) is 5.99. The summed E-state index contributed by atoms with van der Waals surface area (Å²) in [5.74, 6) is 0.585. The number of rotatable bonds is 4. The van der Waals surface area contributed by atoms with Gasteiger partial charge in [0.1, 0.15) is 5.69 Å². The third-order valence-electron chi connectivity index (χ3n) is 5.28. The Balaban J connectivity index is 1.28. The molecule has 26 heavy (non-hydrogen) atoms. The lowest BCUT2D eigenvalue weighted by atomic mass is 10.1. The van der Waals surface area contributed by atoms with E-state index < -0.39 is 0 Å². The van der Waals surface area contributed by atoms with E-state index in [0.29, 0.717) is 19.0 Å². The zero-order valence-electron chi connectivity index (χ0n) is 14.6. The summed E-state index contributed by atoms with van der Waals surface area (Å²) in [6, 6.07) is 10.2. The Morgan fingerprint density at radius 2 is 1.92 bits per heavy atom. The monoisotopic (exact) mass is 348 g/mol. The van der Waals surface area contributed by atoms with Gasteiger partial charge >= 0.3 is 0 Å². The first-order valence-corrected chi connectivity index (χ1v) is 8.99. The summed E-state index contributed by atoms with van der Waals surface area (Å²) < 4.78 is 3.73. The standard InChI is InChI=1S/C19H20N6O/c1-23-18(14-7-8-14)16(9-20-23)19(26)24-10-15(11-24)25-12-17(21-22-25)13-5-3-2-4-6-13/h2-6,9,12,14-15H,7-8,10-11H2,1H3. The molecule has 1 aliphatic heterocycles. The van der Waals surface area contributed by atoms with Crippen molar-refractivity contribution in [2.24, 2.45) is 7.05 Å². The van der Waals surface area contributed by atoms with Crippen molar-refractivity contribution in [3.63, 3.8) is 0 Å². The molecule has 0 radical (unpaired) electrons. The summed E-state index contributed by atoms with van der Waals surface area (Å²) in [4.78, 5) is 14.7. The minimum absolute atomic E-state index is 0.0830. The van der Waals surface area contributed by atoms with Crippen molar-refractivity contribution in [3.05, 3.63) is 54.0 Å². The largest absolute Gasteiger partial charge is 0.334 e. The zero-order valence-corrected chi connectivity index (χ0v) is 14.6. The van der Waals surface area contributed by atoms with Gasteiger partial charge in [0.25, 0.3) is 5.91 Å². The Morgan fingerprint density at radius 3 is 2.65 bits per heavy atom. The van der Waals surface area contributed by atoms with Gasteiger partial charge in [0.15, 0.2) is 0 Å². The lowest BCUT2D eigenvalue weighted by Crippen LogP contribution is -2.51. The molecular formula is C19H20N6O. The average Bonchev–Trinajstić information content (AvgIpc) is 3.20. The molecule has 1 amide bonds. The molecule has 5 rings (SSSR count). The van der Waals surface area contributed by atoms with E-state index in [0.717, 1.165) is 35.4 Å². The molecule has 0 atom stereocenters. The predicted octanol–water partition coefficient (Wildman–Crippen LogP) is 2.25. The van der Waals surface area contributed by atoms with Gasteiger partial charge in [-0.15, -0.1) is 5.10 Å². The molecule has 7 nitrogen and oxygen atoms in total. The molecule has 2 aliphatic rings. The van der Waals surface area contributed by atoms with Crippen LogP contribution in [0.15, 0.2) is 42.7 Å². The Morgan fingerprint density at radius 1 is 1.15 bits per heavy atom. The van der Waals surface area contributed by atoms with E-state index in [2.05, 4.69) is 15.4 Å². The third kappa shape index (κ3) is 2.51. The van der Waals surface area contributed by atoms with Gasteiger partial charge in [0.2, 0.25) is 0 Å². The third-order valence-corrected chi connectivity index (χ3v) is 5.28. The van der Waals surface area contributed by atoms with Gasteiger partial charge in [-0.05, 0) is 12.8 Å². The molecule has 7 heteroatoms. The van der Waals surface area contributed by atoms with Gasteiger partial charge in [-0.25, -0.2) is 4.68 Å². The van der Waals surface area contributed by atoms with Crippen LogP contribution in [0.5, 0.6) is 0 Å². The first-order valence-electron chi connectivity index (χ1n) is 8.99. The van der Waals surface area contributed by atoms with Gasteiger partial charge in [-0.2, -0.15) is 5.10 Å². The van der Waals surface area contributed by atoms with E-state index in [1.807, 2.05) is 57.8 Å². The van der Waals surface area contributed by atoms with Crippen molar-refractivity contribution in [2.75, 3.05) is 13.1 Å². The summed E-state index contributed by atoms with van der Waals surface area (Å²) in [6.45, 7) is 1.32. The molecule has 0 N–H and O–H groups in total. The molecule has 1 aromatic carbocycles. The number of likely N-dealkylation sites (tertiary alicyclic amines) is 1. The molecule has 0 spiro atoms. The van der Waals surface area contributed by atoms with Crippen LogP contribution in [0.4, 0.5) is 0 Å². The number of benzene rings is 1. The fraction of sp³-hybridized carbons (Fsp3) is 0.368. The number of hydrogen-bond acceptors (Lipinski definition) is 4. The van der Waals surface area contributed by atoms with E-state index in [9.17, 15) is 4.79 Å². The van der Waals surface area contributed by atoms with E-state index in [1.54, 1.807) is 6.20 Å². The average molecular weight is 348 g/mol. The van der Waals surface area contributed by atoms with Crippen LogP contribution >= 0.6 is 0 Å². The van der Waals surface area contributed by atoms with Gasteiger partial charge < -0.3 is 4.90 Å². The van der Waals surface area contributed by atoms with Crippen molar-refractivity contribution >= 4 is 5.91 Å².